The zero-order valence-electron chi connectivity index (χ0n) is 15.6. The predicted molar refractivity (Wildman–Crippen MR) is 110 cm³/mol. The predicted octanol–water partition coefficient (Wildman–Crippen LogP) is 3.78. The van der Waals surface area contributed by atoms with Crippen LogP contribution in [-0.2, 0) is 4.79 Å². The summed E-state index contributed by atoms with van der Waals surface area (Å²) in [4.78, 5) is 26.1. The molecule has 148 valence electrons. The molecule has 0 radical (unpaired) electrons. The van der Waals surface area contributed by atoms with Crippen molar-refractivity contribution in [1.82, 2.24) is 10.2 Å². The SMILES string of the molecule is O=C(NCC1CCN(C(=O)COc2ccccc2)CC1)Nc1cccc(Cl)c1. The molecule has 1 fully saturated rings. The minimum atomic E-state index is -0.253. The Balaban J connectivity index is 1.34. The molecule has 6 nitrogen and oxygen atoms in total. The topological polar surface area (TPSA) is 70.7 Å². The Hall–Kier alpha value is -2.73. The fourth-order valence-corrected chi connectivity index (χ4v) is 3.31. The minimum Gasteiger partial charge on any atom is -0.484 e. The molecule has 1 aliphatic rings. The highest BCUT2D eigenvalue weighted by Gasteiger charge is 2.23. The number of nitrogens with zero attached hydrogens (tertiary/aromatic N) is 1. The molecule has 2 N–H and O–H groups in total. The lowest BCUT2D eigenvalue weighted by Crippen LogP contribution is -2.43. The smallest absolute Gasteiger partial charge is 0.319 e. The average Bonchev–Trinajstić information content (AvgIpc) is 2.72. The number of anilines is 1. The maximum atomic E-state index is 12.3. The van der Waals surface area contributed by atoms with E-state index in [1.807, 2.05) is 35.2 Å². The number of halogens is 1. The molecule has 1 saturated heterocycles. The van der Waals surface area contributed by atoms with Crippen LogP contribution < -0.4 is 15.4 Å². The van der Waals surface area contributed by atoms with Crippen molar-refractivity contribution in [3.63, 3.8) is 0 Å². The van der Waals surface area contributed by atoms with Gasteiger partial charge < -0.3 is 20.3 Å². The van der Waals surface area contributed by atoms with E-state index in [9.17, 15) is 9.59 Å². The van der Waals surface area contributed by atoms with E-state index in [0.29, 0.717) is 42.0 Å². The Morgan fingerprint density at radius 2 is 1.82 bits per heavy atom. The second-order valence-electron chi connectivity index (χ2n) is 6.77. The van der Waals surface area contributed by atoms with E-state index in [-0.39, 0.29) is 18.5 Å². The zero-order valence-corrected chi connectivity index (χ0v) is 16.3. The van der Waals surface area contributed by atoms with E-state index in [0.717, 1.165) is 12.8 Å². The highest BCUT2D eigenvalue weighted by molar-refractivity contribution is 6.30. The molecular formula is C21H24ClN3O3. The number of carbonyl (C=O) groups excluding carboxylic acids is 2. The second-order valence-corrected chi connectivity index (χ2v) is 7.21. The second kappa shape index (κ2) is 9.99. The van der Waals surface area contributed by atoms with Crippen LogP contribution in [0.25, 0.3) is 0 Å². The van der Waals surface area contributed by atoms with Gasteiger partial charge in [0.2, 0.25) is 0 Å². The molecule has 3 amide bonds. The lowest BCUT2D eigenvalue weighted by molar-refractivity contribution is -0.134. The molecule has 0 unspecified atom stereocenters. The van der Waals surface area contributed by atoms with Crippen molar-refractivity contribution in [3.8, 4) is 5.75 Å². The summed E-state index contributed by atoms with van der Waals surface area (Å²) in [5, 5.41) is 6.23. The quantitative estimate of drug-likeness (QED) is 0.773. The summed E-state index contributed by atoms with van der Waals surface area (Å²) in [6.07, 6.45) is 1.71. The van der Waals surface area contributed by atoms with Gasteiger partial charge in [0, 0.05) is 30.3 Å². The molecule has 0 bridgehead atoms. The summed E-state index contributed by atoms with van der Waals surface area (Å²) in [7, 11) is 0. The van der Waals surface area contributed by atoms with Crippen molar-refractivity contribution < 1.29 is 14.3 Å². The fraction of sp³-hybridized carbons (Fsp3) is 0.333. The van der Waals surface area contributed by atoms with Gasteiger partial charge in [-0.15, -0.1) is 0 Å². The van der Waals surface area contributed by atoms with Crippen LogP contribution in [0.4, 0.5) is 10.5 Å². The molecule has 0 saturated carbocycles. The number of para-hydroxylation sites is 1. The standard InChI is InChI=1S/C21H24ClN3O3/c22-17-5-4-6-18(13-17)24-21(27)23-14-16-9-11-25(12-10-16)20(26)15-28-19-7-2-1-3-8-19/h1-8,13,16H,9-12,14-15H2,(H2,23,24,27). The molecule has 1 heterocycles. The largest absolute Gasteiger partial charge is 0.484 e. The Morgan fingerprint density at radius 1 is 1.07 bits per heavy atom. The third kappa shape index (κ3) is 6.16. The van der Waals surface area contributed by atoms with Gasteiger partial charge in [-0.25, -0.2) is 4.79 Å². The van der Waals surface area contributed by atoms with E-state index in [1.165, 1.54) is 0 Å². The first-order chi connectivity index (χ1) is 13.6. The number of rotatable bonds is 6. The maximum Gasteiger partial charge on any atom is 0.319 e. The van der Waals surface area contributed by atoms with E-state index in [4.69, 9.17) is 16.3 Å². The number of amides is 3. The number of urea groups is 1. The van der Waals surface area contributed by atoms with Gasteiger partial charge in [-0.1, -0.05) is 35.9 Å². The minimum absolute atomic E-state index is 0.00559. The van der Waals surface area contributed by atoms with Crippen LogP contribution in [0.15, 0.2) is 54.6 Å². The lowest BCUT2D eigenvalue weighted by atomic mass is 9.97. The Kier molecular flexibility index (Phi) is 7.14. The molecule has 3 rings (SSSR count). The van der Waals surface area contributed by atoms with Crippen molar-refractivity contribution in [1.29, 1.82) is 0 Å². The molecule has 1 aliphatic heterocycles. The fourth-order valence-electron chi connectivity index (χ4n) is 3.12. The van der Waals surface area contributed by atoms with Gasteiger partial charge in [0.05, 0.1) is 0 Å². The first-order valence-corrected chi connectivity index (χ1v) is 9.74. The molecular weight excluding hydrogens is 378 g/mol. The maximum absolute atomic E-state index is 12.3. The van der Waals surface area contributed by atoms with Crippen molar-refractivity contribution >= 4 is 29.2 Å². The van der Waals surface area contributed by atoms with Crippen LogP contribution in [-0.4, -0.2) is 43.1 Å². The molecule has 2 aromatic rings. The Labute approximate surface area is 169 Å². The molecule has 28 heavy (non-hydrogen) atoms. The number of hydrogen-bond donors (Lipinski definition) is 2. The number of nitrogens with one attached hydrogen (secondary N) is 2. The summed E-state index contributed by atoms with van der Waals surface area (Å²) in [5.41, 5.74) is 0.656. The van der Waals surface area contributed by atoms with Crippen LogP contribution in [0, 0.1) is 5.92 Å². The van der Waals surface area contributed by atoms with Crippen LogP contribution in [0.1, 0.15) is 12.8 Å². The van der Waals surface area contributed by atoms with Gasteiger partial charge in [0.25, 0.3) is 5.91 Å². The number of benzene rings is 2. The first-order valence-electron chi connectivity index (χ1n) is 9.36. The molecule has 0 aliphatic carbocycles. The van der Waals surface area contributed by atoms with Gasteiger partial charge in [0.1, 0.15) is 5.75 Å². The van der Waals surface area contributed by atoms with Crippen LogP contribution in [0.2, 0.25) is 5.02 Å². The highest BCUT2D eigenvalue weighted by atomic mass is 35.5. The van der Waals surface area contributed by atoms with Crippen molar-refractivity contribution in [2.24, 2.45) is 5.92 Å². The lowest BCUT2D eigenvalue weighted by Gasteiger charge is -2.32. The van der Waals surface area contributed by atoms with E-state index < -0.39 is 0 Å². The summed E-state index contributed by atoms with van der Waals surface area (Å²) >= 11 is 5.91. The van der Waals surface area contributed by atoms with Crippen molar-refractivity contribution in [3.05, 3.63) is 59.6 Å². The van der Waals surface area contributed by atoms with Crippen molar-refractivity contribution in [2.75, 3.05) is 31.6 Å². The van der Waals surface area contributed by atoms with Crippen molar-refractivity contribution in [2.45, 2.75) is 12.8 Å². The number of carbonyl (C=O) groups is 2. The molecule has 7 heteroatoms. The molecule has 0 aromatic heterocycles. The zero-order chi connectivity index (χ0) is 19.8. The molecule has 2 aromatic carbocycles. The number of ether oxygens (including phenoxy) is 1. The van der Waals surface area contributed by atoms with Gasteiger partial charge in [-0.05, 0) is 49.1 Å². The van der Waals surface area contributed by atoms with Gasteiger partial charge >= 0.3 is 6.03 Å². The van der Waals surface area contributed by atoms with Crippen LogP contribution in [0.5, 0.6) is 5.75 Å². The van der Waals surface area contributed by atoms with E-state index >= 15 is 0 Å². The number of piperidine rings is 1. The molecule has 0 spiro atoms. The number of likely N-dealkylation sites (tertiary alicyclic amines) is 1. The van der Waals surface area contributed by atoms with E-state index in [1.54, 1.807) is 24.3 Å². The van der Waals surface area contributed by atoms with Crippen LogP contribution in [0.3, 0.4) is 0 Å². The Bertz CT molecular complexity index is 792. The van der Waals surface area contributed by atoms with Gasteiger partial charge in [-0.3, -0.25) is 4.79 Å². The molecule has 0 atom stereocenters. The van der Waals surface area contributed by atoms with Crippen LogP contribution >= 0.6 is 11.6 Å². The summed E-state index contributed by atoms with van der Waals surface area (Å²) in [6.45, 7) is 1.99. The monoisotopic (exact) mass is 401 g/mol. The normalized spacial score (nSPS) is 14.4. The number of hydrogen-bond acceptors (Lipinski definition) is 3. The third-order valence-corrected chi connectivity index (χ3v) is 4.94. The van der Waals surface area contributed by atoms with Gasteiger partial charge in [0.15, 0.2) is 6.61 Å². The summed E-state index contributed by atoms with van der Waals surface area (Å²) < 4.78 is 5.53. The third-order valence-electron chi connectivity index (χ3n) is 4.71. The van der Waals surface area contributed by atoms with E-state index in [2.05, 4.69) is 10.6 Å². The summed E-state index contributed by atoms with van der Waals surface area (Å²) in [5.74, 6) is 1.04. The highest BCUT2D eigenvalue weighted by Crippen LogP contribution is 2.18. The first kappa shape index (κ1) is 20.0. The Morgan fingerprint density at radius 3 is 2.54 bits per heavy atom. The summed E-state index contributed by atoms with van der Waals surface area (Å²) in [6, 6.07) is 16.1. The average molecular weight is 402 g/mol. The van der Waals surface area contributed by atoms with Gasteiger partial charge in [-0.2, -0.15) is 0 Å².